The Balaban J connectivity index is 2.09. The summed E-state index contributed by atoms with van der Waals surface area (Å²) in [6.07, 6.45) is 2.76. The van der Waals surface area contributed by atoms with E-state index in [0.717, 1.165) is 29.0 Å². The summed E-state index contributed by atoms with van der Waals surface area (Å²) in [4.78, 5) is 0. The molecule has 0 N–H and O–H groups in total. The highest BCUT2D eigenvalue weighted by Crippen LogP contribution is 2.34. The van der Waals surface area contributed by atoms with E-state index in [1.807, 2.05) is 6.07 Å². The Bertz CT molecular complexity index is 387. The van der Waals surface area contributed by atoms with Gasteiger partial charge in [0.05, 0.1) is 26.9 Å². The van der Waals surface area contributed by atoms with Gasteiger partial charge in [0, 0.05) is 10.3 Å². The predicted octanol–water partition coefficient (Wildman–Crippen LogP) is 3.40. The van der Waals surface area contributed by atoms with Crippen molar-refractivity contribution in [1.29, 1.82) is 0 Å². The van der Waals surface area contributed by atoms with Crippen LogP contribution >= 0.6 is 22.6 Å². The Morgan fingerprint density at radius 1 is 1.22 bits per heavy atom. The number of methoxy groups -OCH3 is 2. The molecule has 0 aliphatic carbocycles. The average molecular weight is 362 g/mol. The fraction of sp³-hybridized carbons (Fsp3) is 0.571. The summed E-state index contributed by atoms with van der Waals surface area (Å²) >= 11 is 2.39. The van der Waals surface area contributed by atoms with E-state index in [4.69, 9.17) is 14.2 Å². The average Bonchev–Trinajstić information content (AvgIpc) is 2.46. The third kappa shape index (κ3) is 3.09. The van der Waals surface area contributed by atoms with Crippen molar-refractivity contribution in [1.82, 2.24) is 0 Å². The molecule has 2 atom stereocenters. The lowest BCUT2D eigenvalue weighted by Crippen LogP contribution is -2.25. The van der Waals surface area contributed by atoms with Crippen LogP contribution in [0, 0.1) is 0 Å². The molecule has 4 heteroatoms. The normalized spacial score (nSPS) is 23.7. The van der Waals surface area contributed by atoms with E-state index in [1.165, 1.54) is 12.0 Å². The number of ether oxygens (including phenoxy) is 3. The van der Waals surface area contributed by atoms with E-state index in [2.05, 4.69) is 34.7 Å². The predicted molar refractivity (Wildman–Crippen MR) is 80.1 cm³/mol. The molecule has 1 fully saturated rings. The lowest BCUT2D eigenvalue weighted by Gasteiger charge is -2.28. The highest BCUT2D eigenvalue weighted by atomic mass is 127. The fourth-order valence-corrected chi connectivity index (χ4v) is 2.99. The van der Waals surface area contributed by atoms with Crippen molar-refractivity contribution >= 4 is 22.6 Å². The van der Waals surface area contributed by atoms with Crippen molar-refractivity contribution in [3.8, 4) is 11.5 Å². The van der Waals surface area contributed by atoms with Gasteiger partial charge < -0.3 is 14.2 Å². The van der Waals surface area contributed by atoms with Crippen molar-refractivity contribution in [2.24, 2.45) is 0 Å². The van der Waals surface area contributed by atoms with Gasteiger partial charge >= 0.3 is 0 Å². The van der Waals surface area contributed by atoms with E-state index in [-0.39, 0.29) is 0 Å². The van der Waals surface area contributed by atoms with Crippen molar-refractivity contribution in [3.05, 3.63) is 23.8 Å². The first-order valence-corrected chi connectivity index (χ1v) is 7.70. The van der Waals surface area contributed by atoms with Crippen LogP contribution in [0.3, 0.4) is 0 Å². The zero-order valence-electron chi connectivity index (χ0n) is 10.8. The molecule has 100 valence electrons. The smallest absolute Gasteiger partial charge is 0.160 e. The summed E-state index contributed by atoms with van der Waals surface area (Å²) in [6.45, 7) is 0.809. The van der Waals surface area contributed by atoms with E-state index in [9.17, 15) is 0 Å². The highest BCUT2D eigenvalue weighted by Gasteiger charge is 2.23. The van der Waals surface area contributed by atoms with Gasteiger partial charge in [0.1, 0.15) is 0 Å². The van der Waals surface area contributed by atoms with Crippen LogP contribution in [0.5, 0.6) is 11.5 Å². The van der Waals surface area contributed by atoms with Crippen LogP contribution in [0.15, 0.2) is 18.2 Å². The van der Waals surface area contributed by atoms with Crippen LogP contribution in [-0.4, -0.2) is 31.4 Å². The first-order valence-electron chi connectivity index (χ1n) is 6.18. The first-order chi connectivity index (χ1) is 8.78. The Morgan fingerprint density at radius 2 is 2.00 bits per heavy atom. The van der Waals surface area contributed by atoms with Crippen LogP contribution in [0.1, 0.15) is 24.3 Å². The van der Waals surface area contributed by atoms with Gasteiger partial charge in [-0.1, -0.05) is 28.7 Å². The topological polar surface area (TPSA) is 27.7 Å². The minimum Gasteiger partial charge on any atom is -0.493 e. The summed E-state index contributed by atoms with van der Waals surface area (Å²) < 4.78 is 17.5. The van der Waals surface area contributed by atoms with Crippen LogP contribution in [0.25, 0.3) is 0 Å². The van der Waals surface area contributed by atoms with E-state index >= 15 is 0 Å². The van der Waals surface area contributed by atoms with Crippen molar-refractivity contribution in [2.75, 3.05) is 25.3 Å². The Morgan fingerprint density at radius 3 is 2.56 bits per heavy atom. The number of hydrogen-bond donors (Lipinski definition) is 0. The summed E-state index contributed by atoms with van der Waals surface area (Å²) in [7, 11) is 3.33. The molecule has 0 amide bonds. The van der Waals surface area contributed by atoms with Gasteiger partial charge in [0.25, 0.3) is 0 Å². The molecule has 1 aliphatic heterocycles. The summed E-state index contributed by atoms with van der Waals surface area (Å²) in [6, 6.07) is 6.15. The van der Waals surface area contributed by atoms with Crippen molar-refractivity contribution < 1.29 is 14.2 Å². The molecule has 0 aromatic heterocycles. The molecule has 1 aromatic rings. The van der Waals surface area contributed by atoms with Crippen molar-refractivity contribution in [3.63, 3.8) is 0 Å². The molecule has 1 aliphatic rings. The lowest BCUT2D eigenvalue weighted by atomic mass is 9.91. The monoisotopic (exact) mass is 362 g/mol. The van der Waals surface area contributed by atoms with Crippen LogP contribution in [0.2, 0.25) is 0 Å². The SMILES string of the molecule is COc1ccc(C2CCC(CI)OC2)cc1OC. The molecule has 0 saturated carbocycles. The van der Waals surface area contributed by atoms with Gasteiger partial charge in [-0.25, -0.2) is 0 Å². The maximum Gasteiger partial charge on any atom is 0.160 e. The summed E-state index contributed by atoms with van der Waals surface area (Å²) in [5.74, 6) is 2.05. The quantitative estimate of drug-likeness (QED) is 0.607. The minimum absolute atomic E-state index is 0.432. The molecular formula is C14H19IO3. The molecule has 0 radical (unpaired) electrons. The molecule has 3 nitrogen and oxygen atoms in total. The van der Waals surface area contributed by atoms with Gasteiger partial charge in [-0.05, 0) is 30.5 Å². The second-order valence-electron chi connectivity index (χ2n) is 4.50. The lowest BCUT2D eigenvalue weighted by molar-refractivity contribution is 0.0200. The molecule has 0 spiro atoms. The second kappa shape index (κ2) is 6.61. The zero-order valence-corrected chi connectivity index (χ0v) is 13.0. The number of hydrogen-bond acceptors (Lipinski definition) is 3. The maximum atomic E-state index is 5.84. The van der Waals surface area contributed by atoms with Crippen LogP contribution in [0.4, 0.5) is 0 Å². The van der Waals surface area contributed by atoms with Gasteiger partial charge in [0.15, 0.2) is 11.5 Å². The number of halogens is 1. The molecule has 1 aromatic carbocycles. The molecule has 1 saturated heterocycles. The van der Waals surface area contributed by atoms with E-state index < -0.39 is 0 Å². The van der Waals surface area contributed by atoms with Crippen LogP contribution < -0.4 is 9.47 Å². The van der Waals surface area contributed by atoms with E-state index in [0.29, 0.717) is 12.0 Å². The van der Waals surface area contributed by atoms with Crippen LogP contribution in [-0.2, 0) is 4.74 Å². The van der Waals surface area contributed by atoms with Gasteiger partial charge in [-0.15, -0.1) is 0 Å². The highest BCUT2D eigenvalue weighted by molar-refractivity contribution is 14.1. The molecular weight excluding hydrogens is 343 g/mol. The Kier molecular flexibility index (Phi) is 5.12. The number of alkyl halides is 1. The largest absolute Gasteiger partial charge is 0.493 e. The summed E-state index contributed by atoms with van der Waals surface area (Å²) in [5.41, 5.74) is 1.28. The maximum absolute atomic E-state index is 5.84. The first kappa shape index (κ1) is 13.9. The molecule has 0 bridgehead atoms. The Labute approximate surface area is 122 Å². The summed E-state index contributed by atoms with van der Waals surface area (Å²) in [5, 5.41) is 0. The van der Waals surface area contributed by atoms with Gasteiger partial charge in [0.2, 0.25) is 0 Å². The molecule has 18 heavy (non-hydrogen) atoms. The molecule has 2 rings (SSSR count). The number of rotatable bonds is 4. The minimum atomic E-state index is 0.432. The van der Waals surface area contributed by atoms with Gasteiger partial charge in [-0.2, -0.15) is 0 Å². The standard InChI is InChI=1S/C14H19IO3/c1-16-13-6-4-10(7-14(13)17-2)11-3-5-12(8-15)18-9-11/h4,6-7,11-12H,3,5,8-9H2,1-2H3. The second-order valence-corrected chi connectivity index (χ2v) is 5.38. The third-order valence-electron chi connectivity index (χ3n) is 3.42. The third-order valence-corrected chi connectivity index (χ3v) is 4.40. The van der Waals surface area contributed by atoms with Crippen molar-refractivity contribution in [2.45, 2.75) is 24.9 Å². The molecule has 1 heterocycles. The van der Waals surface area contributed by atoms with E-state index in [1.54, 1.807) is 14.2 Å². The molecule has 2 unspecified atom stereocenters. The zero-order chi connectivity index (χ0) is 13.0. The van der Waals surface area contributed by atoms with Gasteiger partial charge in [-0.3, -0.25) is 0 Å². The fourth-order valence-electron chi connectivity index (χ4n) is 2.30. The number of benzene rings is 1. The Hall–Kier alpha value is -0.490.